The number of rotatable bonds is 7. The molecule has 13 heteroatoms. The second-order valence-corrected chi connectivity index (χ2v) is 7.34. The molecule has 36 heavy (non-hydrogen) atoms. The number of hydrogen-bond donors (Lipinski definition) is 1. The molecule has 1 heterocycles. The first-order valence-corrected chi connectivity index (χ1v) is 10.7. The average molecular weight is 523 g/mol. The molecule has 0 saturated heterocycles. The van der Waals surface area contributed by atoms with Gasteiger partial charge in [0.1, 0.15) is 5.70 Å². The summed E-state index contributed by atoms with van der Waals surface area (Å²) in [4.78, 5) is 38.4. The third kappa shape index (κ3) is 6.00. The fraction of sp³-hybridized carbons (Fsp3) is 0.435. The summed E-state index contributed by atoms with van der Waals surface area (Å²) in [5.41, 5.74) is -6.28. The third-order valence-corrected chi connectivity index (χ3v) is 5.03. The largest absolute Gasteiger partial charge is 0.463 e. The van der Waals surface area contributed by atoms with Crippen LogP contribution in [0.25, 0.3) is 0 Å². The lowest BCUT2D eigenvalue weighted by Gasteiger charge is -2.32. The van der Waals surface area contributed by atoms with E-state index >= 15 is 0 Å². The van der Waals surface area contributed by atoms with E-state index in [0.717, 1.165) is 0 Å². The van der Waals surface area contributed by atoms with Crippen LogP contribution in [0.3, 0.4) is 0 Å². The zero-order valence-electron chi connectivity index (χ0n) is 19.6. The number of dihydropyridines is 1. The van der Waals surface area contributed by atoms with Gasteiger partial charge in [0.25, 0.3) is 0 Å². The van der Waals surface area contributed by atoms with Gasteiger partial charge in [0.2, 0.25) is 0 Å². The predicted molar refractivity (Wildman–Crippen MR) is 112 cm³/mol. The van der Waals surface area contributed by atoms with Crippen molar-refractivity contribution in [3.8, 4) is 0 Å². The Morgan fingerprint density at radius 1 is 0.806 bits per heavy atom. The van der Waals surface area contributed by atoms with Crippen molar-refractivity contribution < 1.29 is 54.9 Å². The van der Waals surface area contributed by atoms with Crippen molar-refractivity contribution in [3.05, 3.63) is 57.4 Å². The number of benzene rings is 1. The van der Waals surface area contributed by atoms with Crippen molar-refractivity contribution in [2.24, 2.45) is 0 Å². The van der Waals surface area contributed by atoms with Crippen LogP contribution in [0.2, 0.25) is 0 Å². The van der Waals surface area contributed by atoms with Gasteiger partial charge in [-0.15, -0.1) is 0 Å². The highest BCUT2D eigenvalue weighted by Crippen LogP contribution is 2.46. The van der Waals surface area contributed by atoms with Crippen LogP contribution in [0.5, 0.6) is 0 Å². The van der Waals surface area contributed by atoms with E-state index in [0.29, 0.717) is 12.1 Å². The van der Waals surface area contributed by atoms with Gasteiger partial charge >= 0.3 is 30.3 Å². The van der Waals surface area contributed by atoms with Gasteiger partial charge in [0, 0.05) is 5.70 Å². The molecule has 0 aromatic heterocycles. The highest BCUT2D eigenvalue weighted by Gasteiger charge is 2.46. The fourth-order valence-electron chi connectivity index (χ4n) is 3.64. The monoisotopic (exact) mass is 523 g/mol. The van der Waals surface area contributed by atoms with E-state index in [1.54, 1.807) is 0 Å². The van der Waals surface area contributed by atoms with Crippen molar-refractivity contribution in [2.75, 3.05) is 19.8 Å². The Bertz CT molecular complexity index is 1100. The summed E-state index contributed by atoms with van der Waals surface area (Å²) in [6.07, 6.45) is -10.4. The van der Waals surface area contributed by atoms with Crippen LogP contribution < -0.4 is 5.32 Å². The van der Waals surface area contributed by atoms with Crippen molar-refractivity contribution >= 4 is 17.9 Å². The first-order valence-electron chi connectivity index (χ1n) is 10.7. The Kier molecular flexibility index (Phi) is 8.81. The highest BCUT2D eigenvalue weighted by molar-refractivity contribution is 6.06. The molecule has 0 saturated carbocycles. The number of esters is 3. The Morgan fingerprint density at radius 3 is 1.78 bits per heavy atom. The van der Waals surface area contributed by atoms with Crippen molar-refractivity contribution in [1.29, 1.82) is 0 Å². The minimum atomic E-state index is -5.33. The van der Waals surface area contributed by atoms with Crippen molar-refractivity contribution in [2.45, 2.75) is 46.0 Å². The number of carbonyl (C=O) groups excluding carboxylic acids is 3. The normalized spacial score (nSPS) is 16.4. The maximum atomic E-state index is 14.1. The van der Waals surface area contributed by atoms with Crippen molar-refractivity contribution in [1.82, 2.24) is 5.32 Å². The van der Waals surface area contributed by atoms with Crippen molar-refractivity contribution in [3.63, 3.8) is 0 Å². The quantitative estimate of drug-likeness (QED) is 0.317. The van der Waals surface area contributed by atoms with E-state index in [-0.39, 0.29) is 31.6 Å². The fourth-order valence-corrected chi connectivity index (χ4v) is 3.64. The van der Waals surface area contributed by atoms with Gasteiger partial charge in [-0.1, -0.05) is 6.07 Å². The maximum absolute atomic E-state index is 14.1. The van der Waals surface area contributed by atoms with Gasteiger partial charge in [-0.05, 0) is 45.4 Å². The van der Waals surface area contributed by atoms with Gasteiger partial charge in [-0.2, -0.15) is 26.3 Å². The second-order valence-electron chi connectivity index (χ2n) is 7.34. The maximum Gasteiger partial charge on any atom is 0.416 e. The minimum Gasteiger partial charge on any atom is -0.463 e. The minimum absolute atomic E-state index is 0.123. The lowest BCUT2D eigenvalue weighted by atomic mass is 9.78. The first kappa shape index (κ1) is 28.7. The van der Waals surface area contributed by atoms with Crippen LogP contribution in [0.4, 0.5) is 26.3 Å². The standard InChI is InChI=1S/C23H23F6NO6/c1-5-34-19(31)15-11(4)30-18(21(33)36-7-3)17(20(32)35-6-2)16(15)13-9-8-12(22(24,25)26)10-14(13)23(27,28)29/h8-10,16,30H,5-7H2,1-4H3. The van der Waals surface area contributed by atoms with Crippen LogP contribution in [0.1, 0.15) is 50.3 Å². The van der Waals surface area contributed by atoms with Gasteiger partial charge in [0.15, 0.2) is 0 Å². The summed E-state index contributed by atoms with van der Waals surface area (Å²) in [7, 11) is 0. The van der Waals surface area contributed by atoms with Crippen LogP contribution >= 0.6 is 0 Å². The molecule has 198 valence electrons. The molecule has 0 aliphatic carbocycles. The zero-order chi connectivity index (χ0) is 27.4. The number of carbonyl (C=O) groups is 3. The van der Waals surface area contributed by atoms with E-state index in [1.807, 2.05) is 0 Å². The first-order chi connectivity index (χ1) is 16.7. The molecule has 0 amide bonds. The molecule has 7 nitrogen and oxygen atoms in total. The van der Waals surface area contributed by atoms with Gasteiger partial charge in [-0.25, -0.2) is 14.4 Å². The summed E-state index contributed by atoms with van der Waals surface area (Å²) in [6.45, 7) is 4.84. The molecule has 1 aromatic carbocycles. The summed E-state index contributed by atoms with van der Waals surface area (Å²) >= 11 is 0. The molecule has 1 atom stereocenters. The molecule has 1 N–H and O–H groups in total. The number of halogens is 6. The topological polar surface area (TPSA) is 90.9 Å². The molecule has 2 rings (SSSR count). The molecule has 0 bridgehead atoms. The zero-order valence-corrected chi connectivity index (χ0v) is 19.6. The van der Waals surface area contributed by atoms with E-state index in [2.05, 4.69) is 5.32 Å². The molecule has 0 fully saturated rings. The number of alkyl halides is 6. The summed E-state index contributed by atoms with van der Waals surface area (Å²) in [5.74, 6) is -5.54. The molecule has 0 spiro atoms. The molecular formula is C23H23F6NO6. The van der Waals surface area contributed by atoms with Crippen LogP contribution in [0.15, 0.2) is 40.7 Å². The van der Waals surface area contributed by atoms with E-state index in [4.69, 9.17) is 14.2 Å². The van der Waals surface area contributed by atoms with Crippen LogP contribution in [-0.4, -0.2) is 37.7 Å². The van der Waals surface area contributed by atoms with E-state index in [9.17, 15) is 40.7 Å². The number of ether oxygens (including phenoxy) is 3. The summed E-state index contributed by atoms with van der Waals surface area (Å²) in [5, 5.41) is 2.50. The Morgan fingerprint density at radius 2 is 1.31 bits per heavy atom. The van der Waals surface area contributed by atoms with Crippen LogP contribution in [0, 0.1) is 0 Å². The lowest BCUT2D eigenvalue weighted by Crippen LogP contribution is -2.37. The molecule has 1 unspecified atom stereocenters. The number of hydrogen-bond acceptors (Lipinski definition) is 7. The predicted octanol–water partition coefficient (Wildman–Crippen LogP) is 4.63. The van der Waals surface area contributed by atoms with E-state index < -0.39 is 69.7 Å². The van der Waals surface area contributed by atoms with Gasteiger partial charge < -0.3 is 19.5 Å². The average Bonchev–Trinajstić information content (AvgIpc) is 2.77. The Labute approximate surface area is 202 Å². The molecular weight excluding hydrogens is 500 g/mol. The van der Waals surface area contributed by atoms with Crippen LogP contribution in [-0.2, 0) is 40.9 Å². The molecule has 1 aliphatic rings. The SMILES string of the molecule is CCOC(=O)C1=C(C(=O)OCC)C(c2ccc(C(F)(F)F)cc2C(F)(F)F)C(C(=O)OCC)=C(C)N1. The Balaban J connectivity index is 3.01. The second kappa shape index (κ2) is 11.0. The smallest absolute Gasteiger partial charge is 0.416 e. The van der Waals surface area contributed by atoms with Gasteiger partial charge in [0.05, 0.1) is 48.0 Å². The highest BCUT2D eigenvalue weighted by atomic mass is 19.4. The molecule has 0 radical (unpaired) electrons. The summed E-state index contributed by atoms with van der Waals surface area (Å²) in [6, 6.07) is 0.774. The lowest BCUT2D eigenvalue weighted by molar-refractivity contribution is -0.145. The number of allylic oxidation sites excluding steroid dienone is 1. The number of nitrogens with one attached hydrogen (secondary N) is 1. The molecule has 1 aromatic rings. The van der Waals surface area contributed by atoms with E-state index in [1.165, 1.54) is 27.7 Å². The Hall–Kier alpha value is -3.51. The third-order valence-electron chi connectivity index (χ3n) is 5.03. The summed E-state index contributed by atoms with van der Waals surface area (Å²) < 4.78 is 96.7. The molecule has 1 aliphatic heterocycles. The van der Waals surface area contributed by atoms with Gasteiger partial charge in [-0.3, -0.25) is 0 Å².